The normalized spacial score (nSPS) is 11.5. The van der Waals surface area contributed by atoms with Crippen molar-refractivity contribution in [2.24, 2.45) is 0 Å². The molecule has 0 unspecified atom stereocenters. The van der Waals surface area contributed by atoms with Crippen LogP contribution in [0.4, 0.5) is 0 Å². The number of rotatable bonds is 3. The lowest BCUT2D eigenvalue weighted by atomic mass is 10.3. The van der Waals surface area contributed by atoms with Crippen molar-refractivity contribution in [1.82, 2.24) is 0 Å². The van der Waals surface area contributed by atoms with Gasteiger partial charge in [0.15, 0.2) is 5.57 Å². The summed E-state index contributed by atoms with van der Waals surface area (Å²) in [7, 11) is 0. The van der Waals surface area contributed by atoms with E-state index in [1.54, 1.807) is 19.2 Å². The van der Waals surface area contributed by atoms with Crippen molar-refractivity contribution in [3.63, 3.8) is 0 Å². The first-order valence-electron chi connectivity index (χ1n) is 3.21. The summed E-state index contributed by atoms with van der Waals surface area (Å²) in [4.78, 5) is 11.0. The molecule has 0 aromatic heterocycles. The summed E-state index contributed by atoms with van der Waals surface area (Å²) in [6.07, 6.45) is 1.74. The van der Waals surface area contributed by atoms with Crippen LogP contribution in [-0.2, 0) is 9.53 Å². The number of thiol groups is 1. The van der Waals surface area contributed by atoms with Crippen LogP contribution in [0.25, 0.3) is 0 Å². The number of esters is 1. The lowest BCUT2D eigenvalue weighted by Gasteiger charge is -2.00. The van der Waals surface area contributed by atoms with Gasteiger partial charge in [-0.05, 0) is 13.2 Å². The lowest BCUT2D eigenvalue weighted by Crippen LogP contribution is -2.06. The second-order valence-corrected chi connectivity index (χ2v) is 3.28. The quantitative estimate of drug-likeness (QED) is 0.327. The highest BCUT2D eigenvalue weighted by atomic mass is 32.2. The maximum absolute atomic E-state index is 11.0. The Morgan fingerprint density at radius 2 is 2.33 bits per heavy atom. The molecule has 0 heterocycles. The molecule has 0 aliphatic rings. The van der Waals surface area contributed by atoms with Crippen LogP contribution in [0.1, 0.15) is 6.92 Å². The first kappa shape index (κ1) is 11.4. The second kappa shape index (κ2) is 5.98. The Hall–Kier alpha value is -0.600. The van der Waals surface area contributed by atoms with Crippen LogP contribution in [-0.4, -0.2) is 18.8 Å². The summed E-state index contributed by atoms with van der Waals surface area (Å²) in [6.45, 7) is 1.95. The SMILES string of the molecule is CCOC(=O)/C(C#N)=C(/S)SC. The lowest BCUT2D eigenvalue weighted by molar-refractivity contribution is -0.138. The molecule has 0 N–H and O–H groups in total. The molecule has 0 spiro atoms. The maximum atomic E-state index is 11.0. The number of hydrogen-bond acceptors (Lipinski definition) is 5. The molecule has 3 nitrogen and oxygen atoms in total. The van der Waals surface area contributed by atoms with Crippen molar-refractivity contribution in [3.8, 4) is 6.07 Å². The van der Waals surface area contributed by atoms with Gasteiger partial charge in [0, 0.05) is 0 Å². The first-order valence-corrected chi connectivity index (χ1v) is 4.89. The Balaban J connectivity index is 4.59. The molecule has 0 aromatic rings. The average molecular weight is 203 g/mol. The number of carbonyl (C=O) groups is 1. The van der Waals surface area contributed by atoms with Gasteiger partial charge in [0.2, 0.25) is 0 Å². The van der Waals surface area contributed by atoms with Gasteiger partial charge >= 0.3 is 5.97 Å². The fraction of sp³-hybridized carbons (Fsp3) is 0.429. The number of carbonyl (C=O) groups excluding carboxylic acids is 1. The largest absolute Gasteiger partial charge is 0.462 e. The molecule has 0 atom stereocenters. The Morgan fingerprint density at radius 1 is 1.75 bits per heavy atom. The van der Waals surface area contributed by atoms with Gasteiger partial charge in [-0.25, -0.2) is 4.79 Å². The van der Waals surface area contributed by atoms with Crippen LogP contribution in [0.5, 0.6) is 0 Å². The van der Waals surface area contributed by atoms with Crippen molar-refractivity contribution >= 4 is 30.4 Å². The molecule has 0 fully saturated rings. The highest BCUT2D eigenvalue weighted by Crippen LogP contribution is 2.20. The number of nitriles is 1. The fourth-order valence-electron chi connectivity index (χ4n) is 0.486. The maximum Gasteiger partial charge on any atom is 0.350 e. The molecule has 0 aromatic carbocycles. The molecule has 0 bridgehead atoms. The molecule has 12 heavy (non-hydrogen) atoms. The third kappa shape index (κ3) is 3.20. The highest BCUT2D eigenvalue weighted by Gasteiger charge is 2.13. The minimum atomic E-state index is -0.612. The zero-order chi connectivity index (χ0) is 9.56. The van der Waals surface area contributed by atoms with Crippen molar-refractivity contribution in [3.05, 3.63) is 9.81 Å². The Labute approximate surface area is 81.2 Å². The van der Waals surface area contributed by atoms with Crippen LogP contribution < -0.4 is 0 Å². The monoisotopic (exact) mass is 203 g/mol. The van der Waals surface area contributed by atoms with E-state index in [1.165, 1.54) is 11.8 Å². The highest BCUT2D eigenvalue weighted by molar-refractivity contribution is 8.15. The van der Waals surface area contributed by atoms with Crippen molar-refractivity contribution in [2.75, 3.05) is 12.9 Å². The Bertz CT molecular complexity index is 242. The van der Waals surface area contributed by atoms with E-state index in [0.29, 0.717) is 4.24 Å². The molecular formula is C7H9NO2S2. The number of hydrogen-bond donors (Lipinski definition) is 1. The molecular weight excluding hydrogens is 194 g/mol. The summed E-state index contributed by atoms with van der Waals surface area (Å²) in [5, 5.41) is 8.55. The van der Waals surface area contributed by atoms with Gasteiger partial charge in [-0.15, -0.1) is 24.4 Å². The van der Waals surface area contributed by atoms with E-state index in [4.69, 9.17) is 5.26 Å². The van der Waals surface area contributed by atoms with Crippen LogP contribution in [0.2, 0.25) is 0 Å². The molecule has 0 aliphatic carbocycles. The minimum absolute atomic E-state index is 0.0346. The van der Waals surface area contributed by atoms with Crippen molar-refractivity contribution in [1.29, 1.82) is 5.26 Å². The predicted molar refractivity (Wildman–Crippen MR) is 51.8 cm³/mol. The third-order valence-electron chi connectivity index (χ3n) is 0.999. The Kier molecular flexibility index (Phi) is 5.68. The minimum Gasteiger partial charge on any atom is -0.462 e. The van der Waals surface area contributed by atoms with Gasteiger partial charge < -0.3 is 4.74 Å². The number of thioether (sulfide) groups is 1. The molecule has 0 amide bonds. The molecule has 0 saturated heterocycles. The van der Waals surface area contributed by atoms with Gasteiger partial charge in [0.25, 0.3) is 0 Å². The summed E-state index contributed by atoms with van der Waals surface area (Å²) >= 11 is 5.19. The summed E-state index contributed by atoms with van der Waals surface area (Å²) in [5.74, 6) is -0.612. The molecule has 0 aliphatic heterocycles. The predicted octanol–water partition coefficient (Wildman–Crippen LogP) is 1.58. The van der Waals surface area contributed by atoms with Gasteiger partial charge in [0.05, 0.1) is 10.8 Å². The van der Waals surface area contributed by atoms with E-state index < -0.39 is 5.97 Å². The van der Waals surface area contributed by atoms with E-state index >= 15 is 0 Å². The third-order valence-corrected chi connectivity index (χ3v) is 2.36. The molecule has 0 radical (unpaired) electrons. The summed E-state index contributed by atoms with van der Waals surface area (Å²) in [5.41, 5.74) is -0.0346. The van der Waals surface area contributed by atoms with Gasteiger partial charge in [-0.2, -0.15) is 5.26 Å². The van der Waals surface area contributed by atoms with Gasteiger partial charge in [0.1, 0.15) is 6.07 Å². The standard InChI is InChI=1S/C7H9NO2S2/c1-3-10-6(9)5(4-8)7(11)12-2/h11H,3H2,1-2H3/b7-5-. The van der Waals surface area contributed by atoms with Crippen molar-refractivity contribution in [2.45, 2.75) is 6.92 Å². The van der Waals surface area contributed by atoms with Crippen molar-refractivity contribution < 1.29 is 9.53 Å². The van der Waals surface area contributed by atoms with E-state index in [0.717, 1.165) is 0 Å². The second-order valence-electron chi connectivity index (χ2n) is 1.72. The first-order chi connectivity index (χ1) is 5.67. The molecule has 0 saturated carbocycles. The van der Waals surface area contributed by atoms with Crippen LogP contribution in [0.15, 0.2) is 9.81 Å². The van der Waals surface area contributed by atoms with E-state index in [1.807, 2.05) is 0 Å². The van der Waals surface area contributed by atoms with Crippen LogP contribution in [0, 0.1) is 11.3 Å². The zero-order valence-corrected chi connectivity index (χ0v) is 8.54. The number of ether oxygens (including phenoxy) is 1. The van der Waals surface area contributed by atoms with Gasteiger partial charge in [-0.1, -0.05) is 0 Å². The average Bonchev–Trinajstić information content (AvgIpc) is 2.06. The Morgan fingerprint density at radius 3 is 2.67 bits per heavy atom. The van der Waals surface area contributed by atoms with Gasteiger partial charge in [-0.3, -0.25) is 0 Å². The molecule has 66 valence electrons. The van der Waals surface area contributed by atoms with Crippen LogP contribution in [0.3, 0.4) is 0 Å². The van der Waals surface area contributed by atoms with Crippen LogP contribution >= 0.6 is 24.4 Å². The topological polar surface area (TPSA) is 50.1 Å². The summed E-state index contributed by atoms with van der Waals surface area (Å²) in [6, 6.07) is 1.75. The smallest absolute Gasteiger partial charge is 0.350 e. The molecule has 0 rings (SSSR count). The molecule has 5 heteroatoms. The zero-order valence-electron chi connectivity index (χ0n) is 6.83. The fourth-order valence-corrected chi connectivity index (χ4v) is 0.960. The van der Waals surface area contributed by atoms with E-state index in [9.17, 15) is 4.79 Å². The number of nitrogens with zero attached hydrogens (tertiary/aromatic N) is 1. The summed E-state index contributed by atoms with van der Waals surface area (Å²) < 4.78 is 5.02. The van der Waals surface area contributed by atoms with E-state index in [-0.39, 0.29) is 12.2 Å². The van der Waals surface area contributed by atoms with E-state index in [2.05, 4.69) is 17.4 Å².